The Bertz CT molecular complexity index is 1070. The summed E-state index contributed by atoms with van der Waals surface area (Å²) in [5.41, 5.74) is 0.865. The second kappa shape index (κ2) is 6.77. The van der Waals surface area contributed by atoms with Crippen molar-refractivity contribution in [3.05, 3.63) is 68.3 Å². The molecule has 27 heavy (non-hydrogen) atoms. The molecular weight excluding hydrogens is 402 g/mol. The molecular formula is C19H14Cl2F3NO2. The molecule has 3 nitrogen and oxygen atoms in total. The minimum Gasteiger partial charge on any atom is -0.478 e. The van der Waals surface area contributed by atoms with E-state index in [0.717, 1.165) is 6.07 Å². The minimum absolute atomic E-state index is 0.0208. The Kier molecular flexibility index (Phi) is 4.91. The lowest BCUT2D eigenvalue weighted by molar-refractivity contribution is -0.137. The van der Waals surface area contributed by atoms with Crippen molar-refractivity contribution in [2.24, 2.45) is 7.05 Å². The third-order valence-electron chi connectivity index (χ3n) is 4.57. The topological polar surface area (TPSA) is 42.2 Å². The van der Waals surface area contributed by atoms with Crippen LogP contribution in [0.5, 0.6) is 0 Å². The summed E-state index contributed by atoms with van der Waals surface area (Å²) in [6.45, 7) is 1.42. The third kappa shape index (κ3) is 3.51. The number of carboxylic acid groups (broad SMARTS) is 1. The summed E-state index contributed by atoms with van der Waals surface area (Å²) in [5.74, 6) is -1.18. The van der Waals surface area contributed by atoms with Crippen LogP contribution in [0, 0.1) is 6.92 Å². The van der Waals surface area contributed by atoms with E-state index >= 15 is 0 Å². The first-order valence-corrected chi connectivity index (χ1v) is 8.62. The summed E-state index contributed by atoms with van der Waals surface area (Å²) in [6.07, 6.45) is -4.25. The smallest absolute Gasteiger partial charge is 0.416 e. The van der Waals surface area contributed by atoms with Crippen molar-refractivity contribution >= 4 is 40.1 Å². The van der Waals surface area contributed by atoms with Crippen LogP contribution in [-0.2, 0) is 19.6 Å². The molecule has 0 aliphatic rings. The second-order valence-electron chi connectivity index (χ2n) is 6.29. The number of hydrogen-bond donors (Lipinski definition) is 1. The first kappa shape index (κ1) is 19.6. The SMILES string of the molecule is Cc1cc2cc(Cc3c(Cl)ccc(C(=O)O)c3Cl)n(C)c2cc1C(F)(F)F. The monoisotopic (exact) mass is 415 g/mol. The summed E-state index contributed by atoms with van der Waals surface area (Å²) >= 11 is 12.4. The van der Waals surface area contributed by atoms with E-state index in [2.05, 4.69) is 0 Å². The molecule has 0 amide bonds. The van der Waals surface area contributed by atoms with Crippen LogP contribution in [0.15, 0.2) is 30.3 Å². The molecule has 0 radical (unpaired) electrons. The molecule has 0 aliphatic heterocycles. The van der Waals surface area contributed by atoms with E-state index in [1.54, 1.807) is 17.7 Å². The predicted octanol–water partition coefficient (Wildman–Crippen LogP) is 6.10. The molecule has 0 aliphatic carbocycles. The number of carboxylic acids is 1. The lowest BCUT2D eigenvalue weighted by atomic mass is 10.0. The van der Waals surface area contributed by atoms with E-state index < -0.39 is 17.7 Å². The molecule has 2 aromatic carbocycles. The van der Waals surface area contributed by atoms with Gasteiger partial charge in [0, 0.05) is 35.1 Å². The van der Waals surface area contributed by atoms with E-state index in [4.69, 9.17) is 23.2 Å². The van der Waals surface area contributed by atoms with E-state index in [9.17, 15) is 23.1 Å². The van der Waals surface area contributed by atoms with Gasteiger partial charge < -0.3 is 9.67 Å². The van der Waals surface area contributed by atoms with Gasteiger partial charge in [0.2, 0.25) is 0 Å². The first-order valence-electron chi connectivity index (χ1n) is 7.87. The van der Waals surface area contributed by atoms with Crippen LogP contribution >= 0.6 is 23.2 Å². The summed E-state index contributed by atoms with van der Waals surface area (Å²) in [7, 11) is 1.65. The Balaban J connectivity index is 2.13. The van der Waals surface area contributed by atoms with Gasteiger partial charge in [-0.05, 0) is 48.4 Å². The van der Waals surface area contributed by atoms with Crippen LogP contribution in [-0.4, -0.2) is 15.6 Å². The van der Waals surface area contributed by atoms with Gasteiger partial charge in [-0.15, -0.1) is 0 Å². The van der Waals surface area contributed by atoms with Crippen LogP contribution in [0.3, 0.4) is 0 Å². The number of nitrogens with zero attached hydrogens (tertiary/aromatic N) is 1. The van der Waals surface area contributed by atoms with Crippen molar-refractivity contribution < 1.29 is 23.1 Å². The number of alkyl halides is 3. The molecule has 0 unspecified atom stereocenters. The highest BCUT2D eigenvalue weighted by molar-refractivity contribution is 6.38. The van der Waals surface area contributed by atoms with Crippen molar-refractivity contribution in [1.29, 1.82) is 0 Å². The largest absolute Gasteiger partial charge is 0.478 e. The van der Waals surface area contributed by atoms with Gasteiger partial charge in [-0.2, -0.15) is 13.2 Å². The second-order valence-corrected chi connectivity index (χ2v) is 7.07. The van der Waals surface area contributed by atoms with Gasteiger partial charge in [0.15, 0.2) is 0 Å². The van der Waals surface area contributed by atoms with Gasteiger partial charge in [0.1, 0.15) is 0 Å². The zero-order valence-electron chi connectivity index (χ0n) is 14.3. The number of benzene rings is 2. The van der Waals surface area contributed by atoms with Crippen LogP contribution < -0.4 is 0 Å². The third-order valence-corrected chi connectivity index (χ3v) is 5.35. The highest BCUT2D eigenvalue weighted by atomic mass is 35.5. The Hall–Kier alpha value is -2.18. The predicted molar refractivity (Wildman–Crippen MR) is 98.9 cm³/mol. The fourth-order valence-corrected chi connectivity index (χ4v) is 3.72. The maximum Gasteiger partial charge on any atom is 0.416 e. The van der Waals surface area contributed by atoms with E-state index in [0.29, 0.717) is 27.2 Å². The number of aromatic carboxylic acids is 1. The number of halogens is 5. The van der Waals surface area contributed by atoms with E-state index in [1.165, 1.54) is 25.1 Å². The zero-order chi connectivity index (χ0) is 20.1. The average molecular weight is 416 g/mol. The quantitative estimate of drug-likeness (QED) is 0.561. The van der Waals surface area contributed by atoms with Gasteiger partial charge in [0.25, 0.3) is 0 Å². The summed E-state index contributed by atoms with van der Waals surface area (Å²) < 4.78 is 41.2. The maximum absolute atomic E-state index is 13.2. The van der Waals surface area contributed by atoms with Crippen LogP contribution in [0.4, 0.5) is 13.2 Å². The molecule has 0 fully saturated rings. The van der Waals surface area contributed by atoms with Crippen molar-refractivity contribution in [3.8, 4) is 0 Å². The van der Waals surface area contributed by atoms with Crippen LogP contribution in [0.2, 0.25) is 10.0 Å². The lowest BCUT2D eigenvalue weighted by Crippen LogP contribution is -2.08. The van der Waals surface area contributed by atoms with Crippen molar-refractivity contribution in [2.45, 2.75) is 19.5 Å². The molecule has 142 valence electrons. The molecule has 0 atom stereocenters. The molecule has 0 spiro atoms. The molecule has 1 aromatic heterocycles. The molecule has 3 aromatic rings. The Labute approximate surface area is 162 Å². The molecule has 3 rings (SSSR count). The fourth-order valence-electron chi connectivity index (χ4n) is 3.14. The van der Waals surface area contributed by atoms with Crippen molar-refractivity contribution in [1.82, 2.24) is 4.57 Å². The molecule has 8 heteroatoms. The number of aromatic nitrogens is 1. The molecule has 0 saturated heterocycles. The summed E-state index contributed by atoms with van der Waals surface area (Å²) in [5, 5.41) is 10.2. The highest BCUT2D eigenvalue weighted by Gasteiger charge is 2.33. The Morgan fingerprint density at radius 3 is 2.44 bits per heavy atom. The lowest BCUT2D eigenvalue weighted by Gasteiger charge is -2.12. The van der Waals surface area contributed by atoms with E-state index in [-0.39, 0.29) is 22.6 Å². The maximum atomic E-state index is 13.2. The van der Waals surface area contributed by atoms with Gasteiger partial charge in [0.05, 0.1) is 16.1 Å². The first-order chi connectivity index (χ1) is 12.5. The zero-order valence-corrected chi connectivity index (χ0v) is 15.8. The normalized spacial score (nSPS) is 12.0. The average Bonchev–Trinajstić information content (AvgIpc) is 2.84. The van der Waals surface area contributed by atoms with Crippen molar-refractivity contribution in [2.75, 3.05) is 0 Å². The van der Waals surface area contributed by atoms with E-state index in [1.807, 2.05) is 0 Å². The van der Waals surface area contributed by atoms with Gasteiger partial charge in [-0.3, -0.25) is 0 Å². The molecule has 0 bridgehead atoms. The summed E-state index contributed by atoms with van der Waals surface area (Å²) in [6, 6.07) is 7.12. The number of carbonyl (C=O) groups is 1. The summed E-state index contributed by atoms with van der Waals surface area (Å²) in [4.78, 5) is 11.3. The number of fused-ring (bicyclic) bond motifs is 1. The molecule has 1 heterocycles. The fraction of sp³-hybridized carbons (Fsp3) is 0.211. The molecule has 1 N–H and O–H groups in total. The number of aryl methyl sites for hydroxylation is 2. The Morgan fingerprint density at radius 2 is 1.85 bits per heavy atom. The highest BCUT2D eigenvalue weighted by Crippen LogP contribution is 2.36. The number of hydrogen-bond acceptors (Lipinski definition) is 1. The van der Waals surface area contributed by atoms with Crippen LogP contribution in [0.25, 0.3) is 10.9 Å². The standard InChI is InChI=1S/C19H14Cl2F3NO2/c1-9-5-10-6-11(25(2)16(10)8-14(9)19(22,23)24)7-13-15(20)4-3-12(17(13)21)18(26)27/h3-6,8H,7H2,1-2H3,(H,26,27). The Morgan fingerprint density at radius 1 is 1.19 bits per heavy atom. The number of rotatable bonds is 3. The molecule has 0 saturated carbocycles. The van der Waals surface area contributed by atoms with Gasteiger partial charge in [-0.1, -0.05) is 23.2 Å². The van der Waals surface area contributed by atoms with Gasteiger partial charge in [-0.25, -0.2) is 4.79 Å². The van der Waals surface area contributed by atoms with Crippen LogP contribution in [0.1, 0.15) is 32.7 Å². The van der Waals surface area contributed by atoms with Crippen molar-refractivity contribution in [3.63, 3.8) is 0 Å². The van der Waals surface area contributed by atoms with Gasteiger partial charge >= 0.3 is 12.1 Å². The minimum atomic E-state index is -4.44.